The maximum Gasteiger partial charge on any atom is 0.336 e. The van der Waals surface area contributed by atoms with Gasteiger partial charge in [-0.25, -0.2) is 4.79 Å². The third kappa shape index (κ3) is 1.55. The molecule has 1 aromatic carbocycles. The Hall–Kier alpha value is -1.22. The molecule has 0 aliphatic heterocycles. The van der Waals surface area contributed by atoms with Crippen LogP contribution in [0.3, 0.4) is 0 Å². The van der Waals surface area contributed by atoms with E-state index in [1.165, 1.54) is 6.07 Å². The number of fused-ring (bicyclic) bond motifs is 1. The SMILES string of the molecule is Cc1ccc2oc(=O)cc(CS)c2c1. The van der Waals surface area contributed by atoms with E-state index in [0.29, 0.717) is 11.3 Å². The first-order valence-electron chi connectivity index (χ1n) is 4.35. The van der Waals surface area contributed by atoms with Gasteiger partial charge in [0.05, 0.1) is 0 Å². The molecule has 0 aliphatic rings. The lowest BCUT2D eigenvalue weighted by molar-refractivity contribution is 0.559. The fraction of sp³-hybridized carbons (Fsp3) is 0.182. The average Bonchev–Trinajstić information content (AvgIpc) is 2.17. The van der Waals surface area contributed by atoms with Gasteiger partial charge >= 0.3 is 5.63 Å². The van der Waals surface area contributed by atoms with E-state index in [0.717, 1.165) is 16.5 Å². The molecule has 0 radical (unpaired) electrons. The molecule has 0 spiro atoms. The van der Waals surface area contributed by atoms with Crippen molar-refractivity contribution < 1.29 is 4.42 Å². The molecule has 1 heterocycles. The molecule has 2 aromatic rings. The molecule has 0 bridgehead atoms. The summed E-state index contributed by atoms with van der Waals surface area (Å²) in [7, 11) is 0. The molecule has 0 saturated heterocycles. The van der Waals surface area contributed by atoms with Gasteiger partial charge in [0.1, 0.15) is 5.58 Å². The molecular formula is C11H10O2S. The van der Waals surface area contributed by atoms with Gasteiger partial charge in [-0.05, 0) is 24.6 Å². The molecule has 1 aromatic heterocycles. The lowest BCUT2D eigenvalue weighted by Crippen LogP contribution is -1.99. The predicted octanol–water partition coefficient (Wildman–Crippen LogP) is 2.53. The van der Waals surface area contributed by atoms with Crippen molar-refractivity contribution in [1.82, 2.24) is 0 Å². The third-order valence-corrected chi connectivity index (χ3v) is 2.49. The molecule has 0 fully saturated rings. The van der Waals surface area contributed by atoms with Crippen molar-refractivity contribution in [3.05, 3.63) is 45.8 Å². The second kappa shape index (κ2) is 3.50. The summed E-state index contributed by atoms with van der Waals surface area (Å²) in [6.07, 6.45) is 0. The Morgan fingerprint density at radius 2 is 2.14 bits per heavy atom. The van der Waals surface area contributed by atoms with E-state index in [4.69, 9.17) is 4.42 Å². The number of aryl methyl sites for hydroxylation is 1. The summed E-state index contributed by atoms with van der Waals surface area (Å²) in [4.78, 5) is 11.1. The van der Waals surface area contributed by atoms with Gasteiger partial charge in [-0.2, -0.15) is 12.6 Å². The van der Waals surface area contributed by atoms with Crippen molar-refractivity contribution in [3.8, 4) is 0 Å². The number of hydrogen-bond acceptors (Lipinski definition) is 3. The summed E-state index contributed by atoms with van der Waals surface area (Å²) in [6.45, 7) is 2.01. The van der Waals surface area contributed by atoms with Gasteiger partial charge in [-0.3, -0.25) is 0 Å². The molecule has 0 amide bonds. The smallest absolute Gasteiger partial charge is 0.336 e. The van der Waals surface area contributed by atoms with Crippen LogP contribution in [0.5, 0.6) is 0 Å². The van der Waals surface area contributed by atoms with E-state index in [-0.39, 0.29) is 5.63 Å². The van der Waals surface area contributed by atoms with Crippen LogP contribution in [0.1, 0.15) is 11.1 Å². The number of thiol groups is 1. The highest BCUT2D eigenvalue weighted by Gasteiger charge is 2.03. The molecule has 3 heteroatoms. The fourth-order valence-corrected chi connectivity index (χ4v) is 1.73. The molecule has 2 rings (SSSR count). The summed E-state index contributed by atoms with van der Waals surface area (Å²) in [5.74, 6) is 0.547. The first-order chi connectivity index (χ1) is 6.70. The van der Waals surface area contributed by atoms with Crippen molar-refractivity contribution in [2.24, 2.45) is 0 Å². The minimum absolute atomic E-state index is 0.314. The first kappa shape index (κ1) is 9.34. The van der Waals surface area contributed by atoms with Crippen LogP contribution in [0.15, 0.2) is 33.5 Å². The van der Waals surface area contributed by atoms with Gasteiger partial charge in [0.15, 0.2) is 0 Å². The Kier molecular flexibility index (Phi) is 2.33. The van der Waals surface area contributed by atoms with Crippen LogP contribution in [0.25, 0.3) is 11.0 Å². The van der Waals surface area contributed by atoms with Gasteiger partial charge < -0.3 is 4.42 Å². The van der Waals surface area contributed by atoms with Gasteiger partial charge in [0.25, 0.3) is 0 Å². The zero-order chi connectivity index (χ0) is 10.1. The molecule has 0 N–H and O–H groups in total. The molecular weight excluding hydrogens is 196 g/mol. The summed E-state index contributed by atoms with van der Waals surface area (Å²) < 4.78 is 5.07. The summed E-state index contributed by atoms with van der Waals surface area (Å²) in [5.41, 5.74) is 2.38. The molecule has 2 nitrogen and oxygen atoms in total. The standard InChI is InChI=1S/C11H10O2S/c1-7-2-3-10-9(4-7)8(6-14)5-11(12)13-10/h2-5,14H,6H2,1H3. The zero-order valence-corrected chi connectivity index (χ0v) is 8.67. The minimum Gasteiger partial charge on any atom is -0.423 e. The Balaban J connectivity index is 2.88. The molecule has 72 valence electrons. The normalized spacial score (nSPS) is 10.7. The van der Waals surface area contributed by atoms with Crippen LogP contribution < -0.4 is 5.63 Å². The predicted molar refractivity (Wildman–Crippen MR) is 59.9 cm³/mol. The minimum atomic E-state index is -0.314. The third-order valence-electron chi connectivity index (χ3n) is 2.15. The van der Waals surface area contributed by atoms with Crippen molar-refractivity contribution in [1.29, 1.82) is 0 Å². The summed E-state index contributed by atoms with van der Waals surface area (Å²) in [5, 5.41) is 0.972. The van der Waals surface area contributed by atoms with E-state index in [2.05, 4.69) is 12.6 Å². The quantitative estimate of drug-likeness (QED) is 0.574. The second-order valence-corrected chi connectivity index (χ2v) is 3.56. The monoisotopic (exact) mass is 206 g/mol. The zero-order valence-electron chi connectivity index (χ0n) is 7.78. The number of rotatable bonds is 1. The number of benzene rings is 1. The Morgan fingerprint density at radius 1 is 1.36 bits per heavy atom. The lowest BCUT2D eigenvalue weighted by atomic mass is 10.1. The number of hydrogen-bond donors (Lipinski definition) is 1. The van der Waals surface area contributed by atoms with E-state index >= 15 is 0 Å². The molecule has 0 atom stereocenters. The Labute approximate surface area is 87.0 Å². The van der Waals surface area contributed by atoms with Crippen molar-refractivity contribution in [2.75, 3.05) is 0 Å². The topological polar surface area (TPSA) is 30.2 Å². The highest BCUT2D eigenvalue weighted by Crippen LogP contribution is 2.19. The summed E-state index contributed by atoms with van der Waals surface area (Å²) in [6, 6.07) is 7.24. The van der Waals surface area contributed by atoms with Gasteiger partial charge in [-0.15, -0.1) is 0 Å². The summed E-state index contributed by atoms with van der Waals surface area (Å²) >= 11 is 4.19. The Morgan fingerprint density at radius 3 is 2.86 bits per heavy atom. The van der Waals surface area contributed by atoms with Crippen LogP contribution in [0.4, 0.5) is 0 Å². The van der Waals surface area contributed by atoms with Crippen molar-refractivity contribution >= 4 is 23.6 Å². The van der Waals surface area contributed by atoms with Crippen LogP contribution in [0.2, 0.25) is 0 Å². The molecule has 0 aliphatic carbocycles. The van der Waals surface area contributed by atoms with Crippen LogP contribution in [-0.2, 0) is 5.75 Å². The second-order valence-electron chi connectivity index (χ2n) is 3.25. The van der Waals surface area contributed by atoms with Crippen LogP contribution in [0, 0.1) is 6.92 Å². The fourth-order valence-electron chi connectivity index (χ4n) is 1.47. The van der Waals surface area contributed by atoms with E-state index in [9.17, 15) is 4.79 Å². The van der Waals surface area contributed by atoms with Gasteiger partial charge in [0, 0.05) is 17.2 Å². The van der Waals surface area contributed by atoms with Crippen molar-refractivity contribution in [2.45, 2.75) is 12.7 Å². The molecule has 14 heavy (non-hydrogen) atoms. The van der Waals surface area contributed by atoms with Crippen LogP contribution in [-0.4, -0.2) is 0 Å². The Bertz CT molecular complexity index is 528. The van der Waals surface area contributed by atoms with E-state index < -0.39 is 0 Å². The largest absolute Gasteiger partial charge is 0.423 e. The van der Waals surface area contributed by atoms with Crippen LogP contribution >= 0.6 is 12.6 Å². The van der Waals surface area contributed by atoms with Gasteiger partial charge in [0.2, 0.25) is 0 Å². The van der Waals surface area contributed by atoms with Gasteiger partial charge in [-0.1, -0.05) is 11.6 Å². The maximum absolute atomic E-state index is 11.1. The first-order valence-corrected chi connectivity index (χ1v) is 4.98. The highest BCUT2D eigenvalue weighted by molar-refractivity contribution is 7.79. The average molecular weight is 206 g/mol. The van der Waals surface area contributed by atoms with E-state index in [1.807, 2.05) is 25.1 Å². The highest BCUT2D eigenvalue weighted by atomic mass is 32.1. The maximum atomic E-state index is 11.1. The molecule has 0 saturated carbocycles. The molecule has 0 unspecified atom stereocenters. The van der Waals surface area contributed by atoms with E-state index in [1.54, 1.807) is 0 Å². The van der Waals surface area contributed by atoms with Crippen molar-refractivity contribution in [3.63, 3.8) is 0 Å². The lowest BCUT2D eigenvalue weighted by Gasteiger charge is -2.02.